The van der Waals surface area contributed by atoms with Crippen LogP contribution in [0.25, 0.3) is 0 Å². The highest BCUT2D eigenvalue weighted by Crippen LogP contribution is 2.26. The first kappa shape index (κ1) is 17.2. The second-order valence-electron chi connectivity index (χ2n) is 7.71. The van der Waals surface area contributed by atoms with Crippen molar-refractivity contribution in [2.75, 3.05) is 0 Å². The molecule has 0 spiro atoms. The third-order valence-electron chi connectivity index (χ3n) is 3.28. The van der Waals surface area contributed by atoms with Gasteiger partial charge in [0.15, 0.2) is 0 Å². The summed E-state index contributed by atoms with van der Waals surface area (Å²) in [5, 5.41) is 8.56. The van der Waals surface area contributed by atoms with Crippen LogP contribution in [0.1, 0.15) is 47.1 Å². The number of hydrogen-bond acceptors (Lipinski definition) is 3. The van der Waals surface area contributed by atoms with Gasteiger partial charge in [-0.3, -0.25) is 0 Å². The average molecular weight is 310 g/mol. The second kappa shape index (κ2) is 6.53. The fraction of sp³-hybridized carbons (Fsp3) is 0.400. The van der Waals surface area contributed by atoms with Crippen LogP contribution in [0.3, 0.4) is 0 Å². The number of hydrogen-bond donors (Lipinski definition) is 0. The Morgan fingerprint density at radius 1 is 0.652 bits per heavy atom. The van der Waals surface area contributed by atoms with E-state index in [9.17, 15) is 0 Å². The van der Waals surface area contributed by atoms with Crippen LogP contribution in [0, 0.1) is 0 Å². The molecule has 0 saturated heterocycles. The van der Waals surface area contributed by atoms with E-state index < -0.39 is 0 Å². The molecule has 2 aromatic carbocycles. The Bertz CT molecular complexity index is 657. The van der Waals surface area contributed by atoms with Crippen LogP contribution >= 0.6 is 0 Å². The van der Waals surface area contributed by atoms with Gasteiger partial charge in [-0.1, -0.05) is 32.9 Å². The summed E-state index contributed by atoms with van der Waals surface area (Å²) in [5.41, 5.74) is 2.91. The van der Waals surface area contributed by atoms with Gasteiger partial charge >= 0.3 is 0 Å². The quantitative estimate of drug-likeness (QED) is 0.590. The first-order valence-electron chi connectivity index (χ1n) is 7.95. The van der Waals surface area contributed by atoms with E-state index in [1.54, 1.807) is 0 Å². The zero-order chi connectivity index (χ0) is 17.1. The van der Waals surface area contributed by atoms with Gasteiger partial charge in [-0.15, -0.1) is 0 Å². The number of ether oxygens (including phenoxy) is 1. The maximum Gasteiger partial charge on any atom is 0.120 e. The van der Waals surface area contributed by atoms with Crippen molar-refractivity contribution in [2.24, 2.45) is 10.2 Å². The van der Waals surface area contributed by atoms with Crippen molar-refractivity contribution in [1.82, 2.24) is 0 Å². The molecule has 0 aromatic heterocycles. The molecule has 2 rings (SSSR count). The molecule has 0 heterocycles. The lowest BCUT2D eigenvalue weighted by Gasteiger charge is -2.21. The molecule has 0 N–H and O–H groups in total. The molecule has 0 amide bonds. The smallest absolute Gasteiger partial charge is 0.120 e. The highest BCUT2D eigenvalue weighted by molar-refractivity contribution is 5.44. The third kappa shape index (κ3) is 5.51. The lowest BCUT2D eigenvalue weighted by atomic mass is 9.87. The van der Waals surface area contributed by atoms with Crippen molar-refractivity contribution in [3.05, 3.63) is 54.1 Å². The van der Waals surface area contributed by atoms with Crippen molar-refractivity contribution < 1.29 is 4.74 Å². The zero-order valence-corrected chi connectivity index (χ0v) is 14.9. The fourth-order valence-corrected chi connectivity index (χ4v) is 2.08. The molecule has 2 aromatic rings. The minimum Gasteiger partial charge on any atom is -0.488 e. The molecule has 0 aliphatic heterocycles. The van der Waals surface area contributed by atoms with Crippen LogP contribution in [0.2, 0.25) is 0 Å². The maximum atomic E-state index is 5.79. The van der Waals surface area contributed by atoms with Crippen molar-refractivity contribution >= 4 is 11.4 Å². The molecule has 0 fully saturated rings. The maximum absolute atomic E-state index is 5.79. The Morgan fingerprint density at radius 3 is 1.48 bits per heavy atom. The Kier molecular flexibility index (Phi) is 4.88. The lowest BCUT2D eigenvalue weighted by Crippen LogP contribution is -2.22. The highest BCUT2D eigenvalue weighted by atomic mass is 16.5. The van der Waals surface area contributed by atoms with Crippen LogP contribution in [0.4, 0.5) is 11.4 Å². The van der Waals surface area contributed by atoms with E-state index in [2.05, 4.69) is 43.1 Å². The molecule has 0 unspecified atom stereocenters. The van der Waals surface area contributed by atoms with Crippen LogP contribution in [0.15, 0.2) is 58.8 Å². The summed E-state index contributed by atoms with van der Waals surface area (Å²) in [4.78, 5) is 0. The van der Waals surface area contributed by atoms with Gasteiger partial charge in [0, 0.05) is 0 Å². The Labute approximate surface area is 139 Å². The van der Waals surface area contributed by atoms with Crippen molar-refractivity contribution in [2.45, 2.75) is 52.6 Å². The predicted octanol–water partition coefficient (Wildman–Crippen LogP) is 6.58. The summed E-state index contributed by atoms with van der Waals surface area (Å²) >= 11 is 0. The van der Waals surface area contributed by atoms with Gasteiger partial charge in [0.25, 0.3) is 0 Å². The first-order chi connectivity index (χ1) is 10.6. The topological polar surface area (TPSA) is 34.0 Å². The first-order valence-corrected chi connectivity index (χ1v) is 7.95. The van der Waals surface area contributed by atoms with Crippen molar-refractivity contribution in [3.63, 3.8) is 0 Å². The molecule has 0 saturated carbocycles. The van der Waals surface area contributed by atoms with Gasteiger partial charge < -0.3 is 4.74 Å². The van der Waals surface area contributed by atoms with E-state index >= 15 is 0 Å². The van der Waals surface area contributed by atoms with E-state index in [0.717, 1.165) is 17.1 Å². The van der Waals surface area contributed by atoms with Gasteiger partial charge in [0.2, 0.25) is 0 Å². The third-order valence-corrected chi connectivity index (χ3v) is 3.28. The Morgan fingerprint density at radius 2 is 1.09 bits per heavy atom. The van der Waals surface area contributed by atoms with E-state index in [4.69, 9.17) is 4.74 Å². The average Bonchev–Trinajstić information content (AvgIpc) is 2.44. The second-order valence-corrected chi connectivity index (χ2v) is 7.71. The summed E-state index contributed by atoms with van der Waals surface area (Å²) in [6, 6.07) is 15.9. The summed E-state index contributed by atoms with van der Waals surface area (Å²) in [7, 11) is 0. The summed E-state index contributed by atoms with van der Waals surface area (Å²) in [5.74, 6) is 0.839. The van der Waals surface area contributed by atoms with E-state index in [0.29, 0.717) is 0 Å². The fourth-order valence-electron chi connectivity index (χ4n) is 2.08. The molecule has 0 atom stereocenters. The molecule has 0 aliphatic rings. The van der Waals surface area contributed by atoms with Crippen molar-refractivity contribution in [1.29, 1.82) is 0 Å². The normalized spacial score (nSPS) is 12.6. The van der Waals surface area contributed by atoms with Crippen LogP contribution < -0.4 is 4.74 Å². The van der Waals surface area contributed by atoms with Gasteiger partial charge in [-0.25, -0.2) is 0 Å². The standard InChI is InChI=1S/C20H26N2O/c1-19(2,3)15-7-9-16(10-8-15)21-22-17-11-13-18(14-12-17)23-20(4,5)6/h7-14H,1-6H3. The molecule has 122 valence electrons. The van der Waals surface area contributed by atoms with E-state index in [-0.39, 0.29) is 11.0 Å². The molecular formula is C20H26N2O. The monoisotopic (exact) mass is 310 g/mol. The predicted molar refractivity (Wildman–Crippen MR) is 96.1 cm³/mol. The zero-order valence-electron chi connectivity index (χ0n) is 14.9. The number of benzene rings is 2. The molecule has 3 nitrogen and oxygen atoms in total. The molecule has 23 heavy (non-hydrogen) atoms. The summed E-state index contributed by atoms with van der Waals surface area (Å²) < 4.78 is 5.79. The Balaban J connectivity index is 2.05. The van der Waals surface area contributed by atoms with Crippen LogP contribution in [0.5, 0.6) is 5.75 Å². The highest BCUT2D eigenvalue weighted by Gasteiger charge is 2.13. The van der Waals surface area contributed by atoms with E-state index in [1.165, 1.54) is 5.56 Å². The van der Waals surface area contributed by atoms with Gasteiger partial charge in [0.1, 0.15) is 11.4 Å². The van der Waals surface area contributed by atoms with Gasteiger partial charge in [0.05, 0.1) is 11.4 Å². The largest absolute Gasteiger partial charge is 0.488 e. The van der Waals surface area contributed by atoms with Crippen LogP contribution in [-0.2, 0) is 5.41 Å². The minimum atomic E-state index is -0.197. The SMILES string of the molecule is CC(C)(C)Oc1ccc(N=Nc2ccc(C(C)(C)C)cc2)cc1. The lowest BCUT2D eigenvalue weighted by molar-refractivity contribution is 0.131. The molecule has 0 radical (unpaired) electrons. The van der Waals surface area contributed by atoms with Crippen molar-refractivity contribution in [3.8, 4) is 5.75 Å². The summed E-state index contributed by atoms with van der Waals surface area (Å²) in [6.07, 6.45) is 0. The minimum absolute atomic E-state index is 0.151. The van der Waals surface area contributed by atoms with E-state index in [1.807, 2.05) is 57.2 Å². The Hall–Kier alpha value is -2.16. The molecular weight excluding hydrogens is 284 g/mol. The number of rotatable bonds is 3. The molecule has 0 aliphatic carbocycles. The van der Waals surface area contributed by atoms with Gasteiger partial charge in [-0.2, -0.15) is 10.2 Å². The summed E-state index contributed by atoms with van der Waals surface area (Å²) in [6.45, 7) is 12.7. The molecule has 0 bridgehead atoms. The van der Waals surface area contributed by atoms with Crippen LogP contribution in [-0.4, -0.2) is 5.60 Å². The molecule has 3 heteroatoms. The number of azo groups is 1. The number of nitrogens with zero attached hydrogens (tertiary/aromatic N) is 2. The van der Waals surface area contributed by atoms with Gasteiger partial charge in [-0.05, 0) is 68.1 Å².